The van der Waals surface area contributed by atoms with E-state index in [1.54, 1.807) is 18.2 Å². The van der Waals surface area contributed by atoms with E-state index in [2.05, 4.69) is 4.74 Å². The van der Waals surface area contributed by atoms with Gasteiger partial charge in [0, 0.05) is 11.1 Å². The number of cyclic esters (lactones) is 2. The third kappa shape index (κ3) is 5.26. The maximum Gasteiger partial charge on any atom is 0.347 e. The van der Waals surface area contributed by atoms with E-state index in [-0.39, 0.29) is 11.1 Å². The Bertz CT molecular complexity index is 1560. The molecule has 0 fully saturated rings. The van der Waals surface area contributed by atoms with E-state index in [0.717, 1.165) is 22.3 Å². The number of fused-ring (bicyclic) bond motifs is 1. The molecule has 5 heteroatoms. The fourth-order valence-corrected chi connectivity index (χ4v) is 4.00. The SMILES string of the molecule is O=C1OC(=O)c2cc(Oc3ccccc3-c3ccccc3)ccc21.Oc1ccccc1-c1ccccc1. The van der Waals surface area contributed by atoms with Crippen molar-refractivity contribution < 1.29 is 24.2 Å². The van der Waals surface area contributed by atoms with Crippen LogP contribution < -0.4 is 4.74 Å². The van der Waals surface area contributed by atoms with Crippen LogP contribution in [0, 0.1) is 0 Å². The molecule has 0 amide bonds. The smallest absolute Gasteiger partial charge is 0.347 e. The number of carbonyl (C=O) groups excluding carboxylic acids is 2. The second kappa shape index (κ2) is 10.6. The van der Waals surface area contributed by atoms with Gasteiger partial charge in [-0.25, -0.2) is 9.59 Å². The standard InChI is InChI=1S/C20H12O4.C12H10O/c21-19-16-11-10-14(12-17(16)20(22)24-19)23-18-9-5-4-8-15(18)13-6-2-1-3-7-13;13-12-9-5-4-8-11(12)10-6-2-1-3-7-10/h1-12H;1-9,13H. The van der Waals surface area contributed by atoms with Crippen molar-refractivity contribution in [2.45, 2.75) is 0 Å². The van der Waals surface area contributed by atoms with Crippen molar-refractivity contribution in [1.82, 2.24) is 0 Å². The lowest BCUT2D eigenvalue weighted by atomic mass is 10.0. The molecule has 0 bridgehead atoms. The van der Waals surface area contributed by atoms with Gasteiger partial charge in [0.2, 0.25) is 0 Å². The van der Waals surface area contributed by atoms with Gasteiger partial charge in [0.1, 0.15) is 17.2 Å². The zero-order chi connectivity index (χ0) is 25.6. The minimum Gasteiger partial charge on any atom is -0.507 e. The highest BCUT2D eigenvalue weighted by atomic mass is 16.6. The van der Waals surface area contributed by atoms with Crippen LogP contribution in [0.25, 0.3) is 22.3 Å². The predicted molar refractivity (Wildman–Crippen MR) is 142 cm³/mol. The molecule has 1 aliphatic rings. The number of para-hydroxylation sites is 2. The molecule has 180 valence electrons. The molecule has 5 aromatic carbocycles. The van der Waals surface area contributed by atoms with Gasteiger partial charge < -0.3 is 14.6 Å². The zero-order valence-electron chi connectivity index (χ0n) is 19.7. The second-order valence-corrected chi connectivity index (χ2v) is 8.23. The summed E-state index contributed by atoms with van der Waals surface area (Å²) < 4.78 is 10.6. The van der Waals surface area contributed by atoms with E-state index in [1.165, 1.54) is 6.07 Å². The molecule has 0 unspecified atom stereocenters. The summed E-state index contributed by atoms with van der Waals surface area (Å²) in [5.74, 6) is 0.210. The minimum atomic E-state index is -0.642. The van der Waals surface area contributed by atoms with Gasteiger partial charge >= 0.3 is 11.9 Å². The molecule has 1 heterocycles. The van der Waals surface area contributed by atoms with E-state index >= 15 is 0 Å². The van der Waals surface area contributed by atoms with E-state index in [1.807, 2.05) is 103 Å². The normalized spacial score (nSPS) is 11.7. The van der Waals surface area contributed by atoms with Crippen LogP contribution in [0.3, 0.4) is 0 Å². The molecule has 5 aromatic rings. The number of phenolic OH excluding ortho intramolecular Hbond substituents is 1. The fraction of sp³-hybridized carbons (Fsp3) is 0. The summed E-state index contributed by atoms with van der Waals surface area (Å²) in [6, 6.07) is 39.4. The van der Waals surface area contributed by atoms with Crippen molar-refractivity contribution in [1.29, 1.82) is 0 Å². The maximum absolute atomic E-state index is 11.7. The molecule has 0 aliphatic carbocycles. The summed E-state index contributed by atoms with van der Waals surface area (Å²) in [6.45, 7) is 0. The van der Waals surface area contributed by atoms with Crippen molar-refractivity contribution >= 4 is 11.9 Å². The first-order chi connectivity index (χ1) is 18.1. The van der Waals surface area contributed by atoms with Crippen LogP contribution in [0.5, 0.6) is 17.2 Å². The monoisotopic (exact) mass is 486 g/mol. The van der Waals surface area contributed by atoms with Gasteiger partial charge in [-0.05, 0) is 41.5 Å². The zero-order valence-corrected chi connectivity index (χ0v) is 19.7. The van der Waals surface area contributed by atoms with Crippen molar-refractivity contribution in [3.63, 3.8) is 0 Å². The van der Waals surface area contributed by atoms with Crippen LogP contribution in [0.1, 0.15) is 20.7 Å². The number of ether oxygens (including phenoxy) is 2. The molecule has 0 spiro atoms. The molecule has 37 heavy (non-hydrogen) atoms. The first-order valence-electron chi connectivity index (χ1n) is 11.7. The topological polar surface area (TPSA) is 72.8 Å². The molecule has 6 rings (SSSR count). The summed E-state index contributed by atoms with van der Waals surface area (Å²) >= 11 is 0. The highest BCUT2D eigenvalue weighted by molar-refractivity contribution is 6.14. The lowest BCUT2D eigenvalue weighted by molar-refractivity contribution is 0.0443. The van der Waals surface area contributed by atoms with Crippen molar-refractivity contribution in [3.05, 3.63) is 139 Å². The van der Waals surface area contributed by atoms with Crippen LogP contribution in [0.4, 0.5) is 0 Å². The summed E-state index contributed by atoms with van der Waals surface area (Å²) in [4.78, 5) is 23.2. The maximum atomic E-state index is 11.7. The number of esters is 2. The number of hydrogen-bond donors (Lipinski definition) is 1. The van der Waals surface area contributed by atoms with Gasteiger partial charge in [0.05, 0.1) is 11.1 Å². The highest BCUT2D eigenvalue weighted by Gasteiger charge is 2.30. The molecule has 0 aromatic heterocycles. The number of aromatic hydroxyl groups is 1. The average molecular weight is 487 g/mol. The largest absolute Gasteiger partial charge is 0.507 e. The van der Waals surface area contributed by atoms with E-state index in [0.29, 0.717) is 17.2 Å². The van der Waals surface area contributed by atoms with Crippen LogP contribution in [0.15, 0.2) is 127 Å². The Balaban J connectivity index is 0.000000182. The quantitative estimate of drug-likeness (QED) is 0.210. The van der Waals surface area contributed by atoms with E-state index < -0.39 is 11.9 Å². The molecule has 1 aliphatic heterocycles. The molecule has 0 saturated carbocycles. The van der Waals surface area contributed by atoms with E-state index in [4.69, 9.17) is 4.74 Å². The summed E-state index contributed by atoms with van der Waals surface area (Å²) in [7, 11) is 0. The highest BCUT2D eigenvalue weighted by Crippen LogP contribution is 2.34. The average Bonchev–Trinajstić information content (AvgIpc) is 3.23. The molecule has 0 radical (unpaired) electrons. The van der Waals surface area contributed by atoms with Crippen LogP contribution >= 0.6 is 0 Å². The second-order valence-electron chi connectivity index (χ2n) is 8.23. The third-order valence-electron chi connectivity index (χ3n) is 5.80. The van der Waals surface area contributed by atoms with Gasteiger partial charge in [0.25, 0.3) is 0 Å². The van der Waals surface area contributed by atoms with Gasteiger partial charge in [0.15, 0.2) is 0 Å². The molecule has 0 atom stereocenters. The fourth-order valence-electron chi connectivity index (χ4n) is 4.00. The lowest BCUT2D eigenvalue weighted by Crippen LogP contribution is -1.96. The van der Waals surface area contributed by atoms with Gasteiger partial charge in [-0.15, -0.1) is 0 Å². The Morgan fingerprint density at radius 3 is 1.73 bits per heavy atom. The predicted octanol–water partition coefficient (Wildman–Crippen LogP) is 7.52. The molecule has 0 saturated heterocycles. The van der Waals surface area contributed by atoms with Crippen LogP contribution in [0.2, 0.25) is 0 Å². The Labute approximate surface area is 214 Å². The van der Waals surface area contributed by atoms with Crippen LogP contribution in [-0.2, 0) is 4.74 Å². The first kappa shape index (κ1) is 23.6. The van der Waals surface area contributed by atoms with Crippen LogP contribution in [-0.4, -0.2) is 17.0 Å². The summed E-state index contributed by atoms with van der Waals surface area (Å²) in [5, 5.41) is 9.56. The molecule has 5 nitrogen and oxygen atoms in total. The van der Waals surface area contributed by atoms with Crippen molar-refractivity contribution in [2.24, 2.45) is 0 Å². The Kier molecular flexibility index (Phi) is 6.77. The van der Waals surface area contributed by atoms with Gasteiger partial charge in [-0.1, -0.05) is 97.1 Å². The Morgan fingerprint density at radius 2 is 1.05 bits per heavy atom. The van der Waals surface area contributed by atoms with E-state index in [9.17, 15) is 14.7 Å². The number of benzene rings is 5. The Hall–Kier alpha value is -5.16. The minimum absolute atomic E-state index is 0.231. The number of carbonyl (C=O) groups is 2. The molecular formula is C32H22O5. The summed E-state index contributed by atoms with van der Waals surface area (Å²) in [6.07, 6.45) is 0. The lowest BCUT2D eigenvalue weighted by Gasteiger charge is -2.11. The number of hydrogen-bond acceptors (Lipinski definition) is 5. The molecule has 1 N–H and O–H groups in total. The first-order valence-corrected chi connectivity index (χ1v) is 11.7. The number of rotatable bonds is 4. The molecular weight excluding hydrogens is 464 g/mol. The summed E-state index contributed by atoms with van der Waals surface area (Å²) in [5.41, 5.74) is 4.39. The van der Waals surface area contributed by atoms with Gasteiger partial charge in [-0.2, -0.15) is 0 Å². The third-order valence-corrected chi connectivity index (χ3v) is 5.80. The number of phenols is 1. The Morgan fingerprint density at radius 1 is 0.514 bits per heavy atom. The van der Waals surface area contributed by atoms with Crippen molar-refractivity contribution in [3.8, 4) is 39.5 Å². The van der Waals surface area contributed by atoms with Crippen molar-refractivity contribution in [2.75, 3.05) is 0 Å². The van der Waals surface area contributed by atoms with Gasteiger partial charge in [-0.3, -0.25) is 0 Å².